The first-order valence-electron chi connectivity index (χ1n) is 8.67. The molecule has 0 atom stereocenters. The zero-order valence-electron chi connectivity index (χ0n) is 14.3. The molecule has 25 heavy (non-hydrogen) atoms. The summed E-state index contributed by atoms with van der Waals surface area (Å²) < 4.78 is 13.6. The minimum Gasteiger partial charge on any atom is -0.383 e. The van der Waals surface area contributed by atoms with E-state index in [0.717, 1.165) is 39.3 Å². The van der Waals surface area contributed by atoms with Gasteiger partial charge in [0.2, 0.25) is 0 Å². The van der Waals surface area contributed by atoms with E-state index in [4.69, 9.17) is 5.26 Å². The van der Waals surface area contributed by atoms with Gasteiger partial charge in [0.1, 0.15) is 17.4 Å². The van der Waals surface area contributed by atoms with E-state index in [1.807, 2.05) is 12.1 Å². The SMILES string of the molecule is N#Cc1c(F)cccc1NCCN1CCN(Cc2ccccc2)CC1. The van der Waals surface area contributed by atoms with E-state index in [1.54, 1.807) is 12.1 Å². The molecule has 1 heterocycles. The van der Waals surface area contributed by atoms with Gasteiger partial charge in [-0.15, -0.1) is 0 Å². The van der Waals surface area contributed by atoms with Gasteiger partial charge in [0.25, 0.3) is 0 Å². The van der Waals surface area contributed by atoms with Gasteiger partial charge in [0.05, 0.1) is 5.69 Å². The molecule has 130 valence electrons. The zero-order chi connectivity index (χ0) is 17.5. The molecule has 1 N–H and O–H groups in total. The molecule has 2 aromatic carbocycles. The highest BCUT2D eigenvalue weighted by Gasteiger charge is 2.16. The van der Waals surface area contributed by atoms with Gasteiger partial charge in [-0.3, -0.25) is 9.80 Å². The Morgan fingerprint density at radius 1 is 0.960 bits per heavy atom. The molecule has 0 saturated carbocycles. The van der Waals surface area contributed by atoms with Crippen molar-refractivity contribution in [3.05, 3.63) is 65.5 Å². The van der Waals surface area contributed by atoms with Crippen LogP contribution >= 0.6 is 0 Å². The van der Waals surface area contributed by atoms with Crippen LogP contribution in [-0.2, 0) is 6.54 Å². The number of halogens is 1. The number of benzene rings is 2. The highest BCUT2D eigenvalue weighted by molar-refractivity contribution is 5.57. The lowest BCUT2D eigenvalue weighted by Crippen LogP contribution is -2.47. The molecular weight excluding hydrogens is 315 g/mol. The van der Waals surface area contributed by atoms with Crippen LogP contribution < -0.4 is 5.32 Å². The fraction of sp³-hybridized carbons (Fsp3) is 0.350. The van der Waals surface area contributed by atoms with E-state index in [1.165, 1.54) is 11.6 Å². The first-order valence-corrected chi connectivity index (χ1v) is 8.67. The average molecular weight is 338 g/mol. The summed E-state index contributed by atoms with van der Waals surface area (Å²) >= 11 is 0. The van der Waals surface area contributed by atoms with E-state index < -0.39 is 5.82 Å². The lowest BCUT2D eigenvalue weighted by atomic mass is 10.2. The Kier molecular flexibility index (Phi) is 5.99. The normalized spacial score (nSPS) is 15.7. The number of nitriles is 1. The third kappa shape index (κ3) is 4.79. The second kappa shape index (κ2) is 8.61. The molecule has 0 radical (unpaired) electrons. The van der Waals surface area contributed by atoms with Gasteiger partial charge in [-0.2, -0.15) is 5.26 Å². The van der Waals surface area contributed by atoms with Crippen molar-refractivity contribution in [1.82, 2.24) is 9.80 Å². The molecule has 0 aromatic heterocycles. The van der Waals surface area contributed by atoms with Crippen LogP contribution in [-0.4, -0.2) is 49.1 Å². The maximum atomic E-state index is 13.6. The second-order valence-electron chi connectivity index (χ2n) is 6.30. The first-order chi connectivity index (χ1) is 12.3. The Labute approximate surface area is 148 Å². The van der Waals surface area contributed by atoms with Crippen LogP contribution in [0.15, 0.2) is 48.5 Å². The van der Waals surface area contributed by atoms with Crippen LogP contribution in [0.2, 0.25) is 0 Å². The predicted octanol–water partition coefficient (Wildman–Crippen LogP) is 2.93. The molecule has 1 aliphatic heterocycles. The molecule has 5 heteroatoms. The lowest BCUT2D eigenvalue weighted by Gasteiger charge is -2.34. The summed E-state index contributed by atoms with van der Waals surface area (Å²) in [5, 5.41) is 12.2. The molecule has 0 amide bonds. The number of nitrogens with zero attached hydrogens (tertiary/aromatic N) is 3. The smallest absolute Gasteiger partial charge is 0.143 e. The Morgan fingerprint density at radius 3 is 2.40 bits per heavy atom. The minimum absolute atomic E-state index is 0.0928. The standard InChI is InChI=1S/C20H23FN4/c21-19-7-4-8-20(18(19)15-22)23-9-10-24-11-13-25(14-12-24)16-17-5-2-1-3-6-17/h1-8,23H,9-14,16H2. The fourth-order valence-corrected chi connectivity index (χ4v) is 3.15. The Bertz CT molecular complexity index is 718. The number of anilines is 1. The second-order valence-corrected chi connectivity index (χ2v) is 6.30. The number of hydrogen-bond acceptors (Lipinski definition) is 4. The summed E-state index contributed by atoms with van der Waals surface area (Å²) in [5.41, 5.74) is 2.02. The molecule has 1 saturated heterocycles. The number of nitrogens with one attached hydrogen (secondary N) is 1. The molecule has 0 bridgehead atoms. The van der Waals surface area contributed by atoms with Gasteiger partial charge in [-0.05, 0) is 17.7 Å². The Morgan fingerprint density at radius 2 is 1.68 bits per heavy atom. The molecular formula is C20H23FN4. The van der Waals surface area contributed by atoms with Gasteiger partial charge < -0.3 is 5.32 Å². The zero-order valence-corrected chi connectivity index (χ0v) is 14.3. The third-order valence-corrected chi connectivity index (χ3v) is 4.58. The summed E-state index contributed by atoms with van der Waals surface area (Å²) in [7, 11) is 0. The van der Waals surface area contributed by atoms with Gasteiger partial charge in [0, 0.05) is 45.8 Å². The molecule has 1 aliphatic rings. The minimum atomic E-state index is -0.470. The first kappa shape index (κ1) is 17.4. The van der Waals surface area contributed by atoms with E-state index in [0.29, 0.717) is 12.2 Å². The molecule has 3 rings (SSSR count). The van der Waals surface area contributed by atoms with Crippen molar-refractivity contribution in [3.63, 3.8) is 0 Å². The number of hydrogen-bond donors (Lipinski definition) is 1. The van der Waals surface area contributed by atoms with Crippen molar-refractivity contribution in [3.8, 4) is 6.07 Å². The van der Waals surface area contributed by atoms with E-state index in [2.05, 4.69) is 39.4 Å². The van der Waals surface area contributed by atoms with E-state index in [9.17, 15) is 4.39 Å². The van der Waals surface area contributed by atoms with E-state index in [-0.39, 0.29) is 5.56 Å². The highest BCUT2D eigenvalue weighted by atomic mass is 19.1. The molecule has 1 fully saturated rings. The third-order valence-electron chi connectivity index (χ3n) is 4.58. The van der Waals surface area contributed by atoms with Crippen molar-refractivity contribution < 1.29 is 4.39 Å². The summed E-state index contributed by atoms with van der Waals surface area (Å²) in [4.78, 5) is 4.87. The van der Waals surface area contributed by atoms with Crippen LogP contribution in [0, 0.1) is 17.1 Å². The highest BCUT2D eigenvalue weighted by Crippen LogP contribution is 2.17. The summed E-state index contributed by atoms with van der Waals surface area (Å²) in [6, 6.07) is 17.2. The van der Waals surface area contributed by atoms with Gasteiger partial charge in [-0.1, -0.05) is 36.4 Å². The van der Waals surface area contributed by atoms with Crippen molar-refractivity contribution >= 4 is 5.69 Å². The van der Waals surface area contributed by atoms with Gasteiger partial charge >= 0.3 is 0 Å². The van der Waals surface area contributed by atoms with Crippen LogP contribution in [0.5, 0.6) is 0 Å². The molecule has 0 aliphatic carbocycles. The van der Waals surface area contributed by atoms with Crippen LogP contribution in [0.25, 0.3) is 0 Å². The molecule has 0 spiro atoms. The summed E-state index contributed by atoms with van der Waals surface area (Å²) in [6.45, 7) is 6.77. The topological polar surface area (TPSA) is 42.3 Å². The van der Waals surface area contributed by atoms with Crippen molar-refractivity contribution in [2.24, 2.45) is 0 Å². The quantitative estimate of drug-likeness (QED) is 0.879. The summed E-state index contributed by atoms with van der Waals surface area (Å²) in [6.07, 6.45) is 0. The Balaban J connectivity index is 1.41. The number of rotatable bonds is 6. The van der Waals surface area contributed by atoms with Crippen molar-refractivity contribution in [2.45, 2.75) is 6.54 Å². The van der Waals surface area contributed by atoms with Crippen LogP contribution in [0.4, 0.5) is 10.1 Å². The molecule has 4 nitrogen and oxygen atoms in total. The predicted molar refractivity (Wildman–Crippen MR) is 97.8 cm³/mol. The monoisotopic (exact) mass is 338 g/mol. The van der Waals surface area contributed by atoms with Crippen molar-refractivity contribution in [2.75, 3.05) is 44.6 Å². The van der Waals surface area contributed by atoms with E-state index >= 15 is 0 Å². The van der Waals surface area contributed by atoms with Gasteiger partial charge in [0.15, 0.2) is 0 Å². The van der Waals surface area contributed by atoms with Crippen molar-refractivity contribution in [1.29, 1.82) is 5.26 Å². The maximum Gasteiger partial charge on any atom is 0.143 e. The summed E-state index contributed by atoms with van der Waals surface area (Å²) in [5.74, 6) is -0.470. The number of piperazine rings is 1. The fourth-order valence-electron chi connectivity index (χ4n) is 3.15. The van der Waals surface area contributed by atoms with Gasteiger partial charge in [-0.25, -0.2) is 4.39 Å². The molecule has 0 unspecified atom stereocenters. The largest absolute Gasteiger partial charge is 0.383 e. The Hall–Kier alpha value is -2.42. The van der Waals surface area contributed by atoms with Crippen LogP contribution in [0.3, 0.4) is 0 Å². The van der Waals surface area contributed by atoms with Crippen LogP contribution in [0.1, 0.15) is 11.1 Å². The average Bonchev–Trinajstić information content (AvgIpc) is 2.64. The lowest BCUT2D eigenvalue weighted by molar-refractivity contribution is 0.130. The maximum absolute atomic E-state index is 13.6. The molecule has 2 aromatic rings.